The van der Waals surface area contributed by atoms with E-state index in [1.54, 1.807) is 0 Å². The number of carbonyl (C=O) groups is 5. The molecule has 1 fully saturated rings. The van der Waals surface area contributed by atoms with Crippen LogP contribution in [0.25, 0.3) is 0 Å². The first-order valence-electron chi connectivity index (χ1n) is 9.39. The molecule has 0 aromatic heterocycles. The maximum atomic E-state index is 12.5. The highest BCUT2D eigenvalue weighted by Gasteiger charge is 2.55. The standard InChI is InChI=1S/C17H17N3O7S.C2HF3O2/c1-7(21)27-10-6-28-16-12(15(24)20(16)13(10)17(25)26)19-14(23)11(18)8-2-4-9(22)5-3-8;3-2(4,5)1(6)7/h2-5,11-12,16,22H,6,18H2,1H3,(H,19,23)(H,25,26);(H,6,7)/t11?,12?,16-;/m0./s1. The molecule has 2 amide bonds. The summed E-state index contributed by atoms with van der Waals surface area (Å²) in [7, 11) is 0. The fourth-order valence-electron chi connectivity index (χ4n) is 2.92. The number of benzene rings is 1. The number of hydrogen-bond donors (Lipinski definition) is 5. The van der Waals surface area contributed by atoms with Gasteiger partial charge in [0.15, 0.2) is 5.70 Å². The molecular weight excluding hydrogens is 503 g/mol. The summed E-state index contributed by atoms with van der Waals surface area (Å²) in [6.07, 6.45) is -5.08. The number of carbonyl (C=O) groups excluding carboxylic acids is 3. The van der Waals surface area contributed by atoms with Gasteiger partial charge in [0.2, 0.25) is 5.91 Å². The van der Waals surface area contributed by atoms with E-state index in [2.05, 4.69) is 5.32 Å². The molecule has 12 nitrogen and oxygen atoms in total. The Morgan fingerprint density at radius 1 is 1.20 bits per heavy atom. The van der Waals surface area contributed by atoms with Gasteiger partial charge < -0.3 is 31.1 Å². The summed E-state index contributed by atoms with van der Waals surface area (Å²) in [5, 5.41) is 27.7. The van der Waals surface area contributed by atoms with E-state index in [0.717, 1.165) is 11.8 Å². The number of nitrogens with zero attached hydrogens (tertiary/aromatic N) is 1. The summed E-state index contributed by atoms with van der Waals surface area (Å²) in [4.78, 5) is 57.5. The molecule has 3 rings (SSSR count). The van der Waals surface area contributed by atoms with Crippen molar-refractivity contribution in [3.8, 4) is 5.75 Å². The van der Waals surface area contributed by atoms with E-state index >= 15 is 0 Å². The van der Waals surface area contributed by atoms with E-state index in [4.69, 9.17) is 20.4 Å². The average Bonchev–Trinajstić information content (AvgIpc) is 2.76. The number of ether oxygens (including phenoxy) is 1. The van der Waals surface area contributed by atoms with Crippen LogP contribution >= 0.6 is 11.8 Å². The molecule has 0 saturated carbocycles. The first-order chi connectivity index (χ1) is 16.1. The fourth-order valence-corrected chi connectivity index (χ4v) is 4.17. The van der Waals surface area contributed by atoms with Crippen LogP contribution in [0, 0.1) is 0 Å². The summed E-state index contributed by atoms with van der Waals surface area (Å²) in [6.45, 7) is 1.13. The van der Waals surface area contributed by atoms with Crippen molar-refractivity contribution in [1.29, 1.82) is 0 Å². The lowest BCUT2D eigenvalue weighted by atomic mass is 10.0. The normalized spacial score (nSPS) is 19.9. The molecule has 2 heterocycles. The van der Waals surface area contributed by atoms with Crippen LogP contribution in [0.3, 0.4) is 0 Å². The smallest absolute Gasteiger partial charge is 0.490 e. The number of aliphatic carboxylic acids is 2. The number of amides is 2. The van der Waals surface area contributed by atoms with E-state index < -0.39 is 59.1 Å². The Balaban J connectivity index is 0.000000540. The van der Waals surface area contributed by atoms with Crippen molar-refractivity contribution in [2.45, 2.75) is 30.6 Å². The number of phenolic OH excluding ortho intramolecular Hbond substituents is 1. The van der Waals surface area contributed by atoms with Gasteiger partial charge in [-0.05, 0) is 17.7 Å². The maximum absolute atomic E-state index is 12.5. The topological polar surface area (TPSA) is 197 Å². The van der Waals surface area contributed by atoms with Crippen LogP contribution in [0.5, 0.6) is 5.75 Å². The number of nitrogens with one attached hydrogen (secondary N) is 1. The Hall–Kier alpha value is -3.79. The largest absolute Gasteiger partial charge is 0.508 e. The SMILES string of the molecule is CC(=O)OC1=C(C(=O)O)N2C(=O)C(NC(=O)C(N)c3ccc(O)cc3)[C@@H]2SC1.O=C(O)C(F)(F)F. The third-order valence-electron chi connectivity index (χ3n) is 4.48. The maximum Gasteiger partial charge on any atom is 0.490 e. The number of fused-ring (bicyclic) bond motifs is 1. The highest BCUT2D eigenvalue weighted by atomic mass is 32.2. The number of phenols is 1. The van der Waals surface area contributed by atoms with Crippen molar-refractivity contribution in [2.24, 2.45) is 5.73 Å². The molecular formula is C19H18F3N3O9S. The van der Waals surface area contributed by atoms with Crippen LogP contribution in [-0.2, 0) is 28.7 Å². The van der Waals surface area contributed by atoms with Gasteiger partial charge in [-0.15, -0.1) is 11.8 Å². The van der Waals surface area contributed by atoms with E-state index in [-0.39, 0.29) is 17.3 Å². The number of alkyl halides is 3. The zero-order valence-electron chi connectivity index (χ0n) is 17.6. The molecule has 2 unspecified atom stereocenters. The van der Waals surface area contributed by atoms with Crippen molar-refractivity contribution in [3.63, 3.8) is 0 Å². The summed E-state index contributed by atoms with van der Waals surface area (Å²) in [6, 6.07) is 3.73. The van der Waals surface area contributed by atoms with Crippen molar-refractivity contribution >= 4 is 41.5 Å². The summed E-state index contributed by atoms with van der Waals surface area (Å²) >= 11 is 1.17. The van der Waals surface area contributed by atoms with Gasteiger partial charge in [-0.25, -0.2) is 9.59 Å². The molecule has 0 aliphatic carbocycles. The van der Waals surface area contributed by atoms with E-state index in [9.17, 15) is 42.6 Å². The lowest BCUT2D eigenvalue weighted by Gasteiger charge is -2.49. The van der Waals surface area contributed by atoms with Crippen LogP contribution in [0.4, 0.5) is 13.2 Å². The minimum atomic E-state index is -5.08. The number of halogens is 3. The first-order valence-corrected chi connectivity index (χ1v) is 10.4. The molecule has 190 valence electrons. The third kappa shape index (κ3) is 6.42. The number of nitrogens with two attached hydrogens (primary N) is 1. The third-order valence-corrected chi connectivity index (χ3v) is 5.73. The second-order valence-electron chi connectivity index (χ2n) is 6.94. The molecule has 3 atom stereocenters. The average molecular weight is 521 g/mol. The van der Waals surface area contributed by atoms with E-state index in [1.165, 1.54) is 36.0 Å². The number of thioether (sulfide) groups is 1. The van der Waals surface area contributed by atoms with Gasteiger partial charge >= 0.3 is 24.1 Å². The highest BCUT2D eigenvalue weighted by molar-refractivity contribution is 8.00. The molecule has 0 bridgehead atoms. The van der Waals surface area contributed by atoms with Gasteiger partial charge in [0, 0.05) is 6.92 Å². The first kappa shape index (κ1) is 27.5. The Kier molecular flexibility index (Phi) is 8.35. The van der Waals surface area contributed by atoms with E-state index in [0.29, 0.717) is 5.56 Å². The molecule has 2 aliphatic heterocycles. The van der Waals surface area contributed by atoms with Crippen LogP contribution < -0.4 is 11.1 Å². The Labute approximate surface area is 198 Å². The number of esters is 1. The lowest BCUT2D eigenvalue weighted by molar-refractivity contribution is -0.192. The molecule has 35 heavy (non-hydrogen) atoms. The Bertz CT molecular complexity index is 1080. The predicted octanol–water partition coefficient (Wildman–Crippen LogP) is 0.285. The van der Waals surface area contributed by atoms with Crippen molar-refractivity contribution in [3.05, 3.63) is 41.3 Å². The van der Waals surface area contributed by atoms with Crippen LogP contribution in [-0.4, -0.2) is 73.3 Å². The van der Waals surface area contributed by atoms with Gasteiger partial charge in [0.25, 0.3) is 5.91 Å². The number of rotatable bonds is 5. The number of aromatic hydroxyl groups is 1. The van der Waals surface area contributed by atoms with Gasteiger partial charge in [-0.1, -0.05) is 12.1 Å². The molecule has 0 spiro atoms. The zero-order valence-corrected chi connectivity index (χ0v) is 18.4. The lowest BCUT2D eigenvalue weighted by Crippen LogP contribution is -2.71. The summed E-state index contributed by atoms with van der Waals surface area (Å²) < 4.78 is 36.6. The highest BCUT2D eigenvalue weighted by Crippen LogP contribution is 2.40. The van der Waals surface area contributed by atoms with E-state index in [1.807, 2.05) is 0 Å². The van der Waals surface area contributed by atoms with Gasteiger partial charge in [0.1, 0.15) is 29.0 Å². The number of carboxylic acid groups (broad SMARTS) is 2. The second-order valence-corrected chi connectivity index (χ2v) is 8.04. The van der Waals surface area contributed by atoms with Gasteiger partial charge in [0.05, 0.1) is 5.75 Å². The summed E-state index contributed by atoms with van der Waals surface area (Å²) in [5.41, 5.74) is 5.93. The Morgan fingerprint density at radius 2 is 1.74 bits per heavy atom. The number of β-lactam (4-membered cyclic amide) rings is 1. The molecule has 1 saturated heterocycles. The van der Waals surface area contributed by atoms with Gasteiger partial charge in [-0.2, -0.15) is 13.2 Å². The fraction of sp³-hybridized carbons (Fsp3) is 0.316. The minimum Gasteiger partial charge on any atom is -0.508 e. The zero-order chi connectivity index (χ0) is 26.7. The predicted molar refractivity (Wildman–Crippen MR) is 110 cm³/mol. The number of carboxylic acids is 2. The van der Waals surface area contributed by atoms with Crippen molar-refractivity contribution in [2.75, 3.05) is 5.75 Å². The minimum absolute atomic E-state index is 0.0244. The van der Waals surface area contributed by atoms with Crippen molar-refractivity contribution < 1.29 is 57.2 Å². The Morgan fingerprint density at radius 3 is 2.20 bits per heavy atom. The van der Waals surface area contributed by atoms with Gasteiger partial charge in [-0.3, -0.25) is 19.3 Å². The number of hydrogen-bond acceptors (Lipinski definition) is 9. The van der Waals surface area contributed by atoms with Crippen LogP contribution in [0.1, 0.15) is 18.5 Å². The quantitative estimate of drug-likeness (QED) is 0.264. The molecule has 0 radical (unpaired) electrons. The molecule has 16 heteroatoms. The van der Waals surface area contributed by atoms with Crippen molar-refractivity contribution in [1.82, 2.24) is 10.2 Å². The van der Waals surface area contributed by atoms with Crippen LogP contribution in [0.2, 0.25) is 0 Å². The second kappa shape index (κ2) is 10.6. The summed E-state index contributed by atoms with van der Waals surface area (Å²) in [5.74, 6) is -6.12. The molecule has 6 N–H and O–H groups in total. The molecule has 2 aliphatic rings. The van der Waals surface area contributed by atoms with Crippen LogP contribution in [0.15, 0.2) is 35.7 Å². The monoisotopic (exact) mass is 521 g/mol. The molecule has 1 aromatic rings. The molecule has 1 aromatic carbocycles.